The predicted octanol–water partition coefficient (Wildman–Crippen LogP) is 4.21. The molecule has 3 rings (SSSR count). The minimum absolute atomic E-state index is 0.0261. The summed E-state index contributed by atoms with van der Waals surface area (Å²) in [6.07, 6.45) is 10.2. The van der Waals surface area contributed by atoms with Crippen LogP contribution < -0.4 is 9.47 Å². The number of ketones is 1. The number of piperidine rings is 1. The molecule has 2 saturated heterocycles. The number of ether oxygens (including phenoxy) is 2. The van der Waals surface area contributed by atoms with E-state index in [-0.39, 0.29) is 24.3 Å². The highest BCUT2D eigenvalue weighted by Gasteiger charge is 2.39. The van der Waals surface area contributed by atoms with Crippen molar-refractivity contribution in [1.29, 1.82) is 0 Å². The van der Waals surface area contributed by atoms with E-state index < -0.39 is 0 Å². The predicted molar refractivity (Wildman–Crippen MR) is 146 cm³/mol. The number of likely N-dealkylation sites (tertiary alicyclic amines) is 1. The highest BCUT2D eigenvalue weighted by atomic mass is 16.5. The Bertz CT molecular complexity index is 1080. The molecule has 1 amide bonds. The van der Waals surface area contributed by atoms with E-state index in [2.05, 4.69) is 29.6 Å². The van der Waals surface area contributed by atoms with Crippen LogP contribution in [0.2, 0.25) is 0 Å². The normalized spacial score (nSPS) is 20.2. The number of carbonyl (C=O) groups is 2. The van der Waals surface area contributed by atoms with Crippen molar-refractivity contribution in [3.05, 3.63) is 46.7 Å². The molecule has 1 aromatic carbocycles. The summed E-state index contributed by atoms with van der Waals surface area (Å²) in [4.78, 5) is 34.2. The molecule has 0 saturated carbocycles. The maximum atomic E-state index is 14.2. The Morgan fingerprint density at radius 2 is 1.81 bits per heavy atom. The third-order valence-corrected chi connectivity index (χ3v) is 7.44. The Labute approximate surface area is 222 Å². The number of unbranched alkanes of at least 4 members (excludes halogenated alkanes) is 1. The second kappa shape index (κ2) is 13.3. The first-order valence-corrected chi connectivity index (χ1v) is 13.3. The van der Waals surface area contributed by atoms with Crippen molar-refractivity contribution < 1.29 is 19.1 Å². The summed E-state index contributed by atoms with van der Waals surface area (Å²) in [6.45, 7) is 10.8. The van der Waals surface area contributed by atoms with Crippen LogP contribution in [0.25, 0.3) is 0 Å². The fourth-order valence-corrected chi connectivity index (χ4v) is 5.21. The van der Waals surface area contributed by atoms with Gasteiger partial charge in [-0.15, -0.1) is 12.3 Å². The highest BCUT2D eigenvalue weighted by molar-refractivity contribution is 6.17. The smallest absolute Gasteiger partial charge is 0.257 e. The van der Waals surface area contributed by atoms with Gasteiger partial charge in [0.25, 0.3) is 5.91 Å². The number of terminal acetylenes is 1. The number of methoxy groups -OCH3 is 2. The summed E-state index contributed by atoms with van der Waals surface area (Å²) in [7, 11) is 3.20. The third-order valence-electron chi connectivity index (χ3n) is 7.44. The first-order chi connectivity index (χ1) is 17.9. The van der Waals surface area contributed by atoms with Crippen molar-refractivity contribution in [2.24, 2.45) is 0 Å². The summed E-state index contributed by atoms with van der Waals surface area (Å²) in [5.74, 6) is 3.64. The van der Waals surface area contributed by atoms with Crippen LogP contribution >= 0.6 is 0 Å². The summed E-state index contributed by atoms with van der Waals surface area (Å²) in [5, 5.41) is 0. The molecule has 2 fully saturated rings. The number of carbonyl (C=O) groups excluding carboxylic acids is 2. The van der Waals surface area contributed by atoms with Gasteiger partial charge in [-0.05, 0) is 37.6 Å². The van der Waals surface area contributed by atoms with E-state index in [9.17, 15) is 9.59 Å². The average molecular weight is 508 g/mol. The number of hydrogen-bond donors (Lipinski definition) is 0. The SMILES string of the molecule is C#CC/C=C1/C(=O)CN([C@H](CCCC)c2ccc(OC)c(OC)c2)C(=O)/C1=C(/C)N1CCN(CC)CC1. The second-order valence-corrected chi connectivity index (χ2v) is 9.54. The topological polar surface area (TPSA) is 62.3 Å². The van der Waals surface area contributed by atoms with Gasteiger partial charge in [0, 0.05) is 43.9 Å². The Morgan fingerprint density at radius 1 is 1.11 bits per heavy atom. The number of piperazine rings is 1. The van der Waals surface area contributed by atoms with E-state index in [1.165, 1.54) is 0 Å². The maximum absolute atomic E-state index is 14.2. The van der Waals surface area contributed by atoms with Gasteiger partial charge in [-0.2, -0.15) is 0 Å². The number of nitrogens with zero attached hydrogens (tertiary/aromatic N) is 3. The molecule has 0 unspecified atom stereocenters. The lowest BCUT2D eigenvalue weighted by atomic mass is 9.89. The molecule has 200 valence electrons. The van der Waals surface area contributed by atoms with E-state index in [1.807, 2.05) is 25.1 Å². The Hall–Kier alpha value is -3.24. The molecular formula is C30H41N3O4. The van der Waals surface area contributed by atoms with Gasteiger partial charge in [0.15, 0.2) is 17.3 Å². The third kappa shape index (κ3) is 6.37. The van der Waals surface area contributed by atoms with Gasteiger partial charge in [-0.1, -0.05) is 38.8 Å². The Kier molecular flexibility index (Phi) is 10.2. The molecule has 2 aliphatic heterocycles. The van der Waals surface area contributed by atoms with Gasteiger partial charge < -0.3 is 24.2 Å². The quantitative estimate of drug-likeness (QED) is 0.349. The average Bonchev–Trinajstić information content (AvgIpc) is 2.93. The molecule has 1 aromatic rings. The lowest BCUT2D eigenvalue weighted by Crippen LogP contribution is -2.49. The lowest BCUT2D eigenvalue weighted by Gasteiger charge is -2.40. The van der Waals surface area contributed by atoms with Crippen molar-refractivity contribution in [1.82, 2.24) is 14.7 Å². The van der Waals surface area contributed by atoms with Crippen molar-refractivity contribution >= 4 is 11.7 Å². The van der Waals surface area contributed by atoms with Gasteiger partial charge >= 0.3 is 0 Å². The van der Waals surface area contributed by atoms with Crippen LogP contribution in [0, 0.1) is 12.3 Å². The molecule has 0 bridgehead atoms. The van der Waals surface area contributed by atoms with E-state index in [1.54, 1.807) is 25.2 Å². The molecule has 7 heteroatoms. The molecular weight excluding hydrogens is 466 g/mol. The van der Waals surface area contributed by atoms with Crippen LogP contribution in [0.15, 0.2) is 41.1 Å². The standard InChI is InChI=1S/C30H41N3O4/c1-7-10-12-24-26(34)21-33(30(35)29(24)22(4)32-18-16-31(9-3)17-19-32)25(13-11-8-2)23-14-15-27(36-5)28(20-23)37-6/h1,12,14-15,20,25H,8-11,13,16-19,21H2,2-6H3/b24-12-,29-22-/t25-/m1/s1. The van der Waals surface area contributed by atoms with Crippen LogP contribution in [0.5, 0.6) is 11.5 Å². The molecule has 7 nitrogen and oxygen atoms in total. The molecule has 0 N–H and O–H groups in total. The van der Waals surface area contributed by atoms with Crippen LogP contribution in [0.3, 0.4) is 0 Å². The summed E-state index contributed by atoms with van der Waals surface area (Å²) >= 11 is 0. The molecule has 0 radical (unpaired) electrons. The second-order valence-electron chi connectivity index (χ2n) is 9.54. The Morgan fingerprint density at radius 3 is 2.41 bits per heavy atom. The van der Waals surface area contributed by atoms with Gasteiger partial charge in [0.2, 0.25) is 0 Å². The van der Waals surface area contributed by atoms with Crippen LogP contribution in [-0.4, -0.2) is 79.9 Å². The summed E-state index contributed by atoms with van der Waals surface area (Å²) in [5.41, 5.74) is 2.72. The molecule has 0 aromatic heterocycles. The molecule has 1 atom stereocenters. The van der Waals surface area contributed by atoms with Gasteiger partial charge in [-0.3, -0.25) is 9.59 Å². The molecule has 2 heterocycles. The summed E-state index contributed by atoms with van der Waals surface area (Å²) < 4.78 is 11.0. The minimum atomic E-state index is -0.259. The first kappa shape index (κ1) is 28.3. The molecule has 0 spiro atoms. The van der Waals surface area contributed by atoms with Crippen LogP contribution in [0.1, 0.15) is 58.1 Å². The zero-order valence-electron chi connectivity index (χ0n) is 23.0. The van der Waals surface area contributed by atoms with Crippen molar-refractivity contribution in [2.75, 3.05) is 53.5 Å². The number of benzene rings is 1. The highest BCUT2D eigenvalue weighted by Crippen LogP contribution is 2.38. The fourth-order valence-electron chi connectivity index (χ4n) is 5.21. The van der Waals surface area contributed by atoms with Crippen molar-refractivity contribution in [3.8, 4) is 23.8 Å². The number of hydrogen-bond acceptors (Lipinski definition) is 6. The Balaban J connectivity index is 2.06. The van der Waals surface area contributed by atoms with Gasteiger partial charge in [-0.25, -0.2) is 0 Å². The van der Waals surface area contributed by atoms with Crippen molar-refractivity contribution in [3.63, 3.8) is 0 Å². The lowest BCUT2D eigenvalue weighted by molar-refractivity contribution is -0.136. The zero-order chi connectivity index (χ0) is 26.9. The first-order valence-electron chi connectivity index (χ1n) is 13.3. The van der Waals surface area contributed by atoms with Crippen molar-refractivity contribution in [2.45, 2.75) is 52.5 Å². The van der Waals surface area contributed by atoms with E-state index >= 15 is 0 Å². The number of allylic oxidation sites excluding steroid dienone is 2. The number of rotatable bonds is 10. The fraction of sp³-hybridized carbons (Fsp3) is 0.533. The van der Waals surface area contributed by atoms with E-state index in [0.29, 0.717) is 29.1 Å². The van der Waals surface area contributed by atoms with Crippen LogP contribution in [-0.2, 0) is 9.59 Å². The van der Waals surface area contributed by atoms with Crippen LogP contribution in [0.4, 0.5) is 0 Å². The van der Waals surface area contributed by atoms with E-state index in [0.717, 1.165) is 63.2 Å². The van der Waals surface area contributed by atoms with E-state index in [4.69, 9.17) is 15.9 Å². The van der Waals surface area contributed by atoms with Gasteiger partial charge in [0.05, 0.1) is 32.4 Å². The number of Topliss-reactive ketones (excluding diaryl/α,β-unsaturated/α-hetero) is 1. The number of amides is 1. The zero-order valence-corrected chi connectivity index (χ0v) is 23.0. The molecule has 37 heavy (non-hydrogen) atoms. The monoisotopic (exact) mass is 507 g/mol. The maximum Gasteiger partial charge on any atom is 0.257 e. The number of likely N-dealkylation sites (N-methyl/N-ethyl adjacent to an activating group) is 1. The van der Waals surface area contributed by atoms with Gasteiger partial charge in [0.1, 0.15) is 0 Å². The molecule has 2 aliphatic rings. The molecule has 0 aliphatic carbocycles. The minimum Gasteiger partial charge on any atom is -0.493 e. The largest absolute Gasteiger partial charge is 0.493 e. The summed E-state index contributed by atoms with van der Waals surface area (Å²) in [6, 6.07) is 5.48.